The molecule has 1 aromatic carbocycles. The number of ether oxygens (including phenoxy) is 1. The van der Waals surface area contributed by atoms with Crippen molar-refractivity contribution in [3.05, 3.63) is 36.4 Å². The van der Waals surface area contributed by atoms with Gasteiger partial charge in [-0.25, -0.2) is 17.7 Å². The lowest BCUT2D eigenvalue weighted by molar-refractivity contribution is -0.132. The number of aromatic hydroxyl groups is 1. The molecule has 0 fully saturated rings. The second kappa shape index (κ2) is 6.92. The molecule has 9 heteroatoms. The predicted octanol–water partition coefficient (Wildman–Crippen LogP) is 2.91. The number of rotatable bonds is 5. The number of benzene rings is 1. The maximum Gasteiger partial charge on any atom is 0.308 e. The van der Waals surface area contributed by atoms with Crippen molar-refractivity contribution in [3.63, 3.8) is 0 Å². The highest BCUT2D eigenvalue weighted by Gasteiger charge is 2.31. The molecule has 0 bridgehead atoms. The number of hydrogen-bond donors (Lipinski definition) is 1. The van der Waals surface area contributed by atoms with Gasteiger partial charge in [0.2, 0.25) is 27.3 Å². The van der Waals surface area contributed by atoms with Gasteiger partial charge in [0.1, 0.15) is 5.69 Å². The smallest absolute Gasteiger partial charge is 0.308 e. The summed E-state index contributed by atoms with van der Waals surface area (Å²) in [5.41, 5.74) is 0.934. The third-order valence-corrected chi connectivity index (χ3v) is 5.70. The van der Waals surface area contributed by atoms with E-state index in [9.17, 15) is 18.3 Å². The van der Waals surface area contributed by atoms with Crippen LogP contribution in [0.25, 0.3) is 22.4 Å². The number of furan rings is 1. The Balaban J connectivity index is 2.19. The first-order chi connectivity index (χ1) is 12.7. The summed E-state index contributed by atoms with van der Waals surface area (Å²) >= 11 is 0. The van der Waals surface area contributed by atoms with E-state index < -0.39 is 21.7 Å². The SMILES string of the molecule is CCS(=O)(=O)N(C)c1oc(-c2ccc3ccccc3n2)c(O)c1OC(C)=O. The van der Waals surface area contributed by atoms with Crippen LogP contribution < -0.4 is 9.04 Å². The Hall–Kier alpha value is -3.07. The first-order valence-electron chi connectivity index (χ1n) is 8.11. The predicted molar refractivity (Wildman–Crippen MR) is 100 cm³/mol. The van der Waals surface area contributed by atoms with Crippen LogP contribution in [0.1, 0.15) is 13.8 Å². The van der Waals surface area contributed by atoms with Crippen molar-refractivity contribution in [2.24, 2.45) is 0 Å². The van der Waals surface area contributed by atoms with Gasteiger partial charge in [0.25, 0.3) is 5.88 Å². The fourth-order valence-corrected chi connectivity index (χ4v) is 3.28. The Morgan fingerprint density at radius 1 is 1.26 bits per heavy atom. The second-order valence-corrected chi connectivity index (χ2v) is 8.05. The molecule has 0 amide bonds. The summed E-state index contributed by atoms with van der Waals surface area (Å²) in [5, 5.41) is 11.4. The Morgan fingerprint density at radius 3 is 2.63 bits per heavy atom. The number of para-hydroxylation sites is 1. The van der Waals surface area contributed by atoms with Gasteiger partial charge in [-0.15, -0.1) is 0 Å². The van der Waals surface area contributed by atoms with Crippen LogP contribution in [0.5, 0.6) is 11.5 Å². The van der Waals surface area contributed by atoms with Crippen LogP contribution in [0.3, 0.4) is 0 Å². The van der Waals surface area contributed by atoms with E-state index in [2.05, 4.69) is 4.98 Å². The quantitative estimate of drug-likeness (QED) is 0.667. The molecule has 0 spiro atoms. The summed E-state index contributed by atoms with van der Waals surface area (Å²) in [6.45, 7) is 2.60. The first-order valence-corrected chi connectivity index (χ1v) is 9.72. The first kappa shape index (κ1) is 18.7. The Bertz CT molecular complexity index is 1120. The minimum atomic E-state index is -3.71. The van der Waals surface area contributed by atoms with E-state index in [1.165, 1.54) is 14.0 Å². The minimum Gasteiger partial charge on any atom is -0.501 e. The maximum atomic E-state index is 12.2. The molecule has 0 aliphatic rings. The molecule has 8 nitrogen and oxygen atoms in total. The van der Waals surface area contributed by atoms with Crippen LogP contribution in [0.4, 0.5) is 5.88 Å². The van der Waals surface area contributed by atoms with Crippen molar-refractivity contribution in [3.8, 4) is 23.0 Å². The lowest BCUT2D eigenvalue weighted by Crippen LogP contribution is -2.28. The summed E-state index contributed by atoms with van der Waals surface area (Å²) in [6.07, 6.45) is 0. The lowest BCUT2D eigenvalue weighted by atomic mass is 10.2. The molecule has 0 atom stereocenters. The zero-order valence-electron chi connectivity index (χ0n) is 15.0. The molecule has 3 rings (SSSR count). The van der Waals surface area contributed by atoms with E-state index in [1.54, 1.807) is 18.2 Å². The molecular weight excluding hydrogens is 372 g/mol. The van der Waals surface area contributed by atoms with Gasteiger partial charge in [-0.1, -0.05) is 24.3 Å². The van der Waals surface area contributed by atoms with Crippen molar-refractivity contribution in [2.45, 2.75) is 13.8 Å². The highest BCUT2D eigenvalue weighted by molar-refractivity contribution is 7.92. The standard InChI is InChI=1S/C18H18N2O6S/c1-4-27(23,24)20(3)18-17(25-11(2)21)15(22)16(26-18)14-10-9-12-7-5-6-8-13(12)19-14/h5-10,22H,4H2,1-3H3. The van der Waals surface area contributed by atoms with Gasteiger partial charge in [0.15, 0.2) is 0 Å². The van der Waals surface area contributed by atoms with E-state index >= 15 is 0 Å². The second-order valence-electron chi connectivity index (χ2n) is 5.76. The van der Waals surface area contributed by atoms with Gasteiger partial charge in [-0.3, -0.25) is 4.79 Å². The number of carbonyl (C=O) groups is 1. The maximum absolute atomic E-state index is 12.2. The van der Waals surface area contributed by atoms with Gasteiger partial charge < -0.3 is 14.3 Å². The number of aromatic nitrogens is 1. The number of carbonyl (C=O) groups excluding carboxylic acids is 1. The molecule has 0 aliphatic carbocycles. The molecule has 142 valence electrons. The number of nitrogens with zero attached hydrogens (tertiary/aromatic N) is 2. The largest absolute Gasteiger partial charge is 0.501 e. The van der Waals surface area contributed by atoms with E-state index in [-0.39, 0.29) is 28.8 Å². The van der Waals surface area contributed by atoms with Crippen molar-refractivity contribution >= 4 is 32.8 Å². The Labute approximate surface area is 156 Å². The number of fused-ring (bicyclic) bond motifs is 1. The molecule has 2 aromatic heterocycles. The Kier molecular flexibility index (Phi) is 4.79. The Morgan fingerprint density at radius 2 is 1.96 bits per heavy atom. The van der Waals surface area contributed by atoms with Crippen molar-refractivity contribution in [1.82, 2.24) is 4.98 Å². The van der Waals surface area contributed by atoms with Crippen molar-refractivity contribution in [1.29, 1.82) is 0 Å². The van der Waals surface area contributed by atoms with Crippen LogP contribution >= 0.6 is 0 Å². The van der Waals surface area contributed by atoms with Crippen LogP contribution in [-0.4, -0.2) is 37.3 Å². The number of hydrogen-bond acceptors (Lipinski definition) is 7. The minimum absolute atomic E-state index is 0.0924. The van der Waals surface area contributed by atoms with Crippen LogP contribution in [0.2, 0.25) is 0 Å². The van der Waals surface area contributed by atoms with E-state index in [0.717, 1.165) is 16.6 Å². The number of anilines is 1. The van der Waals surface area contributed by atoms with Crippen LogP contribution in [-0.2, 0) is 14.8 Å². The van der Waals surface area contributed by atoms with Gasteiger partial charge in [-0.05, 0) is 19.1 Å². The van der Waals surface area contributed by atoms with Crippen LogP contribution in [0, 0.1) is 0 Å². The molecule has 0 aliphatic heterocycles. The van der Waals surface area contributed by atoms with Gasteiger partial charge in [0.05, 0.1) is 11.3 Å². The molecule has 0 saturated heterocycles. The molecule has 0 saturated carbocycles. The summed E-state index contributed by atoms with van der Waals surface area (Å²) < 4.78 is 35.8. The third-order valence-electron chi connectivity index (χ3n) is 3.97. The summed E-state index contributed by atoms with van der Waals surface area (Å²) in [7, 11) is -2.46. The summed E-state index contributed by atoms with van der Waals surface area (Å²) in [4.78, 5) is 15.8. The van der Waals surface area contributed by atoms with E-state index in [4.69, 9.17) is 9.15 Å². The van der Waals surface area contributed by atoms with Crippen molar-refractivity contribution < 1.29 is 27.5 Å². The fraction of sp³-hybridized carbons (Fsp3) is 0.222. The topological polar surface area (TPSA) is 110 Å². The number of pyridine rings is 1. The average molecular weight is 390 g/mol. The zero-order chi connectivity index (χ0) is 19.8. The monoisotopic (exact) mass is 390 g/mol. The third kappa shape index (κ3) is 3.45. The molecule has 2 heterocycles. The lowest BCUT2D eigenvalue weighted by Gasteiger charge is -2.16. The molecule has 1 N–H and O–H groups in total. The molecular formula is C18H18N2O6S. The van der Waals surface area contributed by atoms with Gasteiger partial charge in [-0.2, -0.15) is 0 Å². The van der Waals surface area contributed by atoms with Crippen LogP contribution in [0.15, 0.2) is 40.8 Å². The summed E-state index contributed by atoms with van der Waals surface area (Å²) in [6, 6.07) is 10.8. The van der Waals surface area contributed by atoms with Gasteiger partial charge >= 0.3 is 5.97 Å². The normalized spacial score (nSPS) is 11.5. The molecule has 27 heavy (non-hydrogen) atoms. The van der Waals surface area contributed by atoms with Crippen molar-refractivity contribution in [2.75, 3.05) is 17.1 Å². The van der Waals surface area contributed by atoms with E-state index in [0.29, 0.717) is 5.52 Å². The molecule has 0 unspecified atom stereocenters. The number of sulfonamides is 1. The highest BCUT2D eigenvalue weighted by atomic mass is 32.2. The fourth-order valence-electron chi connectivity index (χ4n) is 2.52. The molecule has 3 aromatic rings. The van der Waals surface area contributed by atoms with E-state index in [1.807, 2.05) is 18.2 Å². The highest BCUT2D eigenvalue weighted by Crippen LogP contribution is 2.47. The molecule has 0 radical (unpaired) electrons. The van der Waals surface area contributed by atoms with Gasteiger partial charge in [0, 0.05) is 19.4 Å². The average Bonchev–Trinajstić information content (AvgIpc) is 2.96. The number of esters is 1. The zero-order valence-corrected chi connectivity index (χ0v) is 15.8. The summed E-state index contributed by atoms with van der Waals surface area (Å²) in [5.74, 6) is -2.19.